The van der Waals surface area contributed by atoms with E-state index in [1.165, 1.54) is 5.56 Å². The van der Waals surface area contributed by atoms with Gasteiger partial charge in [-0.05, 0) is 32.8 Å². The lowest BCUT2D eigenvalue weighted by atomic mass is 10.1. The Balaban J connectivity index is 1.91. The van der Waals surface area contributed by atoms with Crippen molar-refractivity contribution in [3.63, 3.8) is 0 Å². The lowest BCUT2D eigenvalue weighted by molar-refractivity contribution is -0.113. The fraction of sp³-hybridized carbons (Fsp3) is 0.562. The molecule has 0 saturated carbocycles. The Morgan fingerprint density at radius 3 is 2.53 bits per heavy atom. The minimum Gasteiger partial charge on any atom is -0.372 e. The third-order valence-corrected chi connectivity index (χ3v) is 3.65. The average Bonchev–Trinajstić information content (AvgIpc) is 2.81. The van der Waals surface area contributed by atoms with Crippen molar-refractivity contribution in [3.8, 4) is 0 Å². The summed E-state index contributed by atoms with van der Waals surface area (Å²) in [6.45, 7) is 7.88. The zero-order valence-corrected chi connectivity index (χ0v) is 12.0. The van der Waals surface area contributed by atoms with Gasteiger partial charge in [-0.25, -0.2) is 0 Å². The first-order valence-electron chi connectivity index (χ1n) is 6.88. The molecule has 1 aliphatic rings. The van der Waals surface area contributed by atoms with E-state index in [2.05, 4.69) is 37.8 Å². The van der Waals surface area contributed by atoms with Crippen LogP contribution in [0.5, 0.6) is 0 Å². The molecule has 0 unspecified atom stereocenters. The zero-order valence-electron chi connectivity index (χ0n) is 12.0. The third kappa shape index (κ3) is 3.64. The van der Waals surface area contributed by atoms with Crippen LogP contribution < -0.4 is 0 Å². The van der Waals surface area contributed by atoms with E-state index in [1.54, 1.807) is 0 Å². The zero-order chi connectivity index (χ0) is 13.9. The van der Waals surface area contributed by atoms with Gasteiger partial charge in [-0.2, -0.15) is 0 Å². The number of benzene rings is 1. The van der Waals surface area contributed by atoms with Crippen LogP contribution in [0.3, 0.4) is 0 Å². The van der Waals surface area contributed by atoms with E-state index in [9.17, 15) is 4.79 Å². The van der Waals surface area contributed by atoms with Crippen LogP contribution in [-0.2, 0) is 16.1 Å². The molecule has 0 N–H and O–H groups in total. The first-order chi connectivity index (χ1) is 9.00. The van der Waals surface area contributed by atoms with Crippen LogP contribution in [0.2, 0.25) is 0 Å². The van der Waals surface area contributed by atoms with Crippen molar-refractivity contribution in [1.29, 1.82) is 0 Å². The van der Waals surface area contributed by atoms with E-state index < -0.39 is 0 Å². The second kappa shape index (κ2) is 5.85. The summed E-state index contributed by atoms with van der Waals surface area (Å²) < 4.78 is 5.95. The maximum Gasteiger partial charge on any atom is 0.137 e. The number of carbonyl (C=O) groups is 1. The van der Waals surface area contributed by atoms with Gasteiger partial charge < -0.3 is 9.53 Å². The first-order valence-corrected chi connectivity index (χ1v) is 6.88. The van der Waals surface area contributed by atoms with Crippen molar-refractivity contribution >= 4 is 6.29 Å². The van der Waals surface area contributed by atoms with Crippen LogP contribution in [-0.4, -0.2) is 35.4 Å². The van der Waals surface area contributed by atoms with E-state index >= 15 is 0 Å². The van der Waals surface area contributed by atoms with Crippen LogP contribution in [0.4, 0.5) is 0 Å². The van der Waals surface area contributed by atoms with Crippen molar-refractivity contribution in [3.05, 3.63) is 35.9 Å². The quantitative estimate of drug-likeness (QED) is 0.780. The van der Waals surface area contributed by atoms with Gasteiger partial charge in [0, 0.05) is 12.1 Å². The normalized spacial score (nSPS) is 24.6. The molecule has 1 aromatic carbocycles. The molecule has 3 nitrogen and oxygen atoms in total. The Bertz CT molecular complexity index is 411. The van der Waals surface area contributed by atoms with Crippen LogP contribution >= 0.6 is 0 Å². The molecule has 2 rings (SSSR count). The van der Waals surface area contributed by atoms with Gasteiger partial charge in [0.1, 0.15) is 6.29 Å². The summed E-state index contributed by atoms with van der Waals surface area (Å²) in [4.78, 5) is 13.4. The van der Waals surface area contributed by atoms with Crippen LogP contribution in [0.15, 0.2) is 30.3 Å². The van der Waals surface area contributed by atoms with Crippen molar-refractivity contribution < 1.29 is 9.53 Å². The Morgan fingerprint density at radius 2 is 2.00 bits per heavy atom. The molecular weight excluding hydrogens is 238 g/mol. The summed E-state index contributed by atoms with van der Waals surface area (Å²) >= 11 is 0. The first kappa shape index (κ1) is 14.2. The number of ether oxygens (including phenoxy) is 1. The van der Waals surface area contributed by atoms with Crippen molar-refractivity contribution in [1.82, 2.24) is 4.90 Å². The molecule has 1 saturated heterocycles. The minimum absolute atomic E-state index is 0.0104. The number of likely N-dealkylation sites (tertiary alicyclic amines) is 1. The van der Waals surface area contributed by atoms with Crippen molar-refractivity contribution in [2.24, 2.45) is 0 Å². The van der Waals surface area contributed by atoms with Crippen LogP contribution in [0, 0.1) is 0 Å². The highest BCUT2D eigenvalue weighted by molar-refractivity contribution is 5.58. The predicted octanol–water partition coefficient (Wildman–Crippen LogP) is 2.64. The molecule has 0 bridgehead atoms. The highest BCUT2D eigenvalue weighted by Gasteiger charge is 2.38. The summed E-state index contributed by atoms with van der Waals surface area (Å²) in [6.07, 6.45) is 2.00. The Hall–Kier alpha value is -1.19. The predicted molar refractivity (Wildman–Crippen MR) is 75.9 cm³/mol. The smallest absolute Gasteiger partial charge is 0.137 e. The van der Waals surface area contributed by atoms with Gasteiger partial charge in [0.2, 0.25) is 0 Å². The molecule has 0 aliphatic carbocycles. The van der Waals surface area contributed by atoms with Gasteiger partial charge >= 0.3 is 0 Å². The van der Waals surface area contributed by atoms with Crippen molar-refractivity contribution in [2.75, 3.05) is 6.54 Å². The lowest BCUT2D eigenvalue weighted by Crippen LogP contribution is -2.45. The van der Waals surface area contributed by atoms with E-state index in [0.717, 1.165) is 19.3 Å². The highest BCUT2D eigenvalue weighted by Crippen LogP contribution is 2.27. The lowest BCUT2D eigenvalue weighted by Gasteiger charge is -2.34. The molecule has 104 valence electrons. The number of carbonyl (C=O) groups excluding carboxylic acids is 1. The number of aldehydes is 1. The summed E-state index contributed by atoms with van der Waals surface area (Å²) in [5.74, 6) is 0. The molecule has 1 aliphatic heterocycles. The molecule has 3 heteroatoms. The van der Waals surface area contributed by atoms with Gasteiger partial charge in [-0.15, -0.1) is 0 Å². The standard InChI is InChI=1S/C16H23NO2/c1-16(2,3)17-10-15(9-14(17)11-18)19-12-13-7-5-4-6-8-13/h4-8,11,14-15H,9-10,12H2,1-3H3/t14-,15+/m0/s1. The SMILES string of the molecule is CC(C)(C)N1C[C@H](OCc2ccccc2)C[C@H]1C=O. The second-order valence-electron chi connectivity index (χ2n) is 6.18. The largest absolute Gasteiger partial charge is 0.372 e. The summed E-state index contributed by atoms with van der Waals surface area (Å²) in [6, 6.07) is 10.1. The van der Waals surface area contributed by atoms with Gasteiger partial charge in [0.25, 0.3) is 0 Å². The van der Waals surface area contributed by atoms with E-state index in [-0.39, 0.29) is 17.7 Å². The summed E-state index contributed by atoms with van der Waals surface area (Å²) in [5.41, 5.74) is 1.19. The van der Waals surface area contributed by atoms with Crippen molar-refractivity contribution in [2.45, 2.75) is 51.5 Å². The number of rotatable bonds is 4. The molecule has 0 aromatic heterocycles. The monoisotopic (exact) mass is 261 g/mol. The average molecular weight is 261 g/mol. The number of nitrogens with zero attached hydrogens (tertiary/aromatic N) is 1. The van der Waals surface area contributed by atoms with E-state index in [0.29, 0.717) is 6.61 Å². The molecule has 0 amide bonds. The Kier molecular flexibility index (Phi) is 4.38. The summed E-state index contributed by atoms with van der Waals surface area (Å²) in [7, 11) is 0. The molecule has 0 radical (unpaired) electrons. The Morgan fingerprint density at radius 1 is 1.32 bits per heavy atom. The van der Waals surface area contributed by atoms with E-state index in [1.807, 2.05) is 18.2 Å². The molecule has 2 atom stereocenters. The molecule has 1 fully saturated rings. The molecule has 1 heterocycles. The number of hydrogen-bond acceptors (Lipinski definition) is 3. The molecule has 0 spiro atoms. The van der Waals surface area contributed by atoms with Crippen LogP contribution in [0.25, 0.3) is 0 Å². The van der Waals surface area contributed by atoms with E-state index in [4.69, 9.17) is 4.74 Å². The number of hydrogen-bond donors (Lipinski definition) is 0. The van der Waals surface area contributed by atoms with Crippen LogP contribution in [0.1, 0.15) is 32.8 Å². The molecule has 19 heavy (non-hydrogen) atoms. The maximum atomic E-state index is 11.2. The molecular formula is C16H23NO2. The fourth-order valence-electron chi connectivity index (χ4n) is 2.64. The third-order valence-electron chi connectivity index (χ3n) is 3.65. The fourth-order valence-corrected chi connectivity index (χ4v) is 2.64. The van der Waals surface area contributed by atoms with Gasteiger partial charge in [0.05, 0.1) is 18.8 Å². The minimum atomic E-state index is -0.0132. The second-order valence-corrected chi connectivity index (χ2v) is 6.18. The van der Waals surface area contributed by atoms with Gasteiger partial charge in [0.15, 0.2) is 0 Å². The highest BCUT2D eigenvalue weighted by atomic mass is 16.5. The topological polar surface area (TPSA) is 29.5 Å². The van der Waals surface area contributed by atoms with Gasteiger partial charge in [-0.3, -0.25) is 4.90 Å². The molecule has 1 aromatic rings. The van der Waals surface area contributed by atoms with Gasteiger partial charge in [-0.1, -0.05) is 30.3 Å². The Labute approximate surface area is 115 Å². The summed E-state index contributed by atoms with van der Waals surface area (Å²) in [5, 5.41) is 0. The maximum absolute atomic E-state index is 11.2.